The van der Waals surface area contributed by atoms with Gasteiger partial charge in [0, 0.05) is 19.5 Å². The molecule has 36 heavy (non-hydrogen) atoms. The summed E-state index contributed by atoms with van der Waals surface area (Å²) >= 11 is 0. The van der Waals surface area contributed by atoms with E-state index in [-0.39, 0.29) is 18.4 Å². The lowest BCUT2D eigenvalue weighted by Gasteiger charge is -2.32. The third-order valence-corrected chi connectivity index (χ3v) is 6.12. The molecular formula is C30H36N2O4. The van der Waals surface area contributed by atoms with Gasteiger partial charge in [-0.25, -0.2) is 0 Å². The summed E-state index contributed by atoms with van der Waals surface area (Å²) in [5.41, 5.74) is 3.05. The van der Waals surface area contributed by atoms with Gasteiger partial charge in [0.15, 0.2) is 6.61 Å². The first-order valence-electron chi connectivity index (χ1n) is 12.4. The number of hydrogen-bond acceptors (Lipinski definition) is 4. The van der Waals surface area contributed by atoms with Gasteiger partial charge in [0.25, 0.3) is 5.91 Å². The zero-order valence-corrected chi connectivity index (χ0v) is 21.4. The third kappa shape index (κ3) is 7.87. The summed E-state index contributed by atoms with van der Waals surface area (Å²) in [5, 5.41) is 3.04. The second-order valence-electron chi connectivity index (χ2n) is 8.76. The molecule has 2 amide bonds. The van der Waals surface area contributed by atoms with Crippen LogP contribution in [0.1, 0.15) is 36.5 Å². The van der Waals surface area contributed by atoms with Crippen LogP contribution in [-0.4, -0.2) is 43.0 Å². The molecule has 3 rings (SSSR count). The van der Waals surface area contributed by atoms with Crippen LogP contribution in [0.4, 0.5) is 0 Å². The molecule has 0 aliphatic heterocycles. The molecule has 0 bridgehead atoms. The van der Waals surface area contributed by atoms with Gasteiger partial charge >= 0.3 is 0 Å². The molecule has 3 aromatic rings. The Morgan fingerprint density at radius 2 is 1.58 bits per heavy atom. The quantitative estimate of drug-likeness (QED) is 0.346. The topological polar surface area (TPSA) is 67.9 Å². The molecular weight excluding hydrogens is 452 g/mol. The average molecular weight is 489 g/mol. The van der Waals surface area contributed by atoms with Crippen molar-refractivity contribution in [1.29, 1.82) is 0 Å². The van der Waals surface area contributed by atoms with E-state index in [9.17, 15) is 9.59 Å². The van der Waals surface area contributed by atoms with Crippen LogP contribution in [0.5, 0.6) is 11.5 Å². The number of rotatable bonds is 13. The number of benzene rings is 3. The minimum atomic E-state index is -0.671. The van der Waals surface area contributed by atoms with Crippen molar-refractivity contribution in [2.45, 2.75) is 45.7 Å². The smallest absolute Gasteiger partial charge is 0.261 e. The molecule has 0 aliphatic carbocycles. The van der Waals surface area contributed by atoms with Crippen molar-refractivity contribution < 1.29 is 19.1 Å². The largest absolute Gasteiger partial charge is 0.497 e. The van der Waals surface area contributed by atoms with Crippen molar-refractivity contribution in [1.82, 2.24) is 10.2 Å². The first kappa shape index (κ1) is 26.8. The van der Waals surface area contributed by atoms with Crippen LogP contribution in [0.25, 0.3) is 0 Å². The molecule has 6 heteroatoms. The van der Waals surface area contributed by atoms with Crippen LogP contribution in [0.2, 0.25) is 0 Å². The second kappa shape index (κ2) is 13.9. The predicted molar refractivity (Wildman–Crippen MR) is 142 cm³/mol. The lowest BCUT2D eigenvalue weighted by Crippen LogP contribution is -2.52. The Balaban J connectivity index is 1.87. The van der Waals surface area contributed by atoms with E-state index in [2.05, 4.69) is 12.2 Å². The molecule has 190 valence electrons. The highest BCUT2D eigenvalue weighted by Crippen LogP contribution is 2.19. The summed E-state index contributed by atoms with van der Waals surface area (Å²) in [7, 11) is 1.60. The molecule has 0 heterocycles. The molecule has 6 nitrogen and oxygen atoms in total. The molecule has 0 aromatic heterocycles. The number of carbonyl (C=O) groups is 2. The van der Waals surface area contributed by atoms with Gasteiger partial charge < -0.3 is 19.7 Å². The summed E-state index contributed by atoms with van der Waals surface area (Å²) in [5.74, 6) is 0.868. The van der Waals surface area contributed by atoms with Gasteiger partial charge in [-0.3, -0.25) is 9.59 Å². The Morgan fingerprint density at radius 3 is 2.25 bits per heavy atom. The van der Waals surface area contributed by atoms with Crippen LogP contribution in [0.15, 0.2) is 78.9 Å². The van der Waals surface area contributed by atoms with Gasteiger partial charge in [0.05, 0.1) is 7.11 Å². The van der Waals surface area contributed by atoms with Gasteiger partial charge in [-0.2, -0.15) is 0 Å². The van der Waals surface area contributed by atoms with E-state index in [1.807, 2.05) is 61.5 Å². The van der Waals surface area contributed by atoms with Crippen molar-refractivity contribution in [2.75, 3.05) is 20.3 Å². The molecule has 0 fully saturated rings. The van der Waals surface area contributed by atoms with E-state index >= 15 is 0 Å². The van der Waals surface area contributed by atoms with E-state index in [0.717, 1.165) is 29.5 Å². The number of nitrogens with one attached hydrogen (secondary N) is 1. The fourth-order valence-corrected chi connectivity index (χ4v) is 3.93. The number of hydrogen-bond donors (Lipinski definition) is 1. The number of aryl methyl sites for hydroxylation is 1. The van der Waals surface area contributed by atoms with Gasteiger partial charge in [-0.15, -0.1) is 0 Å². The molecule has 0 saturated carbocycles. The average Bonchev–Trinajstić information content (AvgIpc) is 2.91. The molecule has 0 unspecified atom stereocenters. The highest BCUT2D eigenvalue weighted by molar-refractivity contribution is 5.88. The van der Waals surface area contributed by atoms with Crippen LogP contribution >= 0.6 is 0 Å². The Hall–Kier alpha value is -3.80. The van der Waals surface area contributed by atoms with Gasteiger partial charge in [-0.05, 0) is 54.3 Å². The van der Waals surface area contributed by atoms with Crippen LogP contribution in [0, 0.1) is 6.92 Å². The molecule has 1 atom stereocenters. The van der Waals surface area contributed by atoms with Crippen LogP contribution in [-0.2, 0) is 22.6 Å². The molecule has 0 aliphatic rings. The normalized spacial score (nSPS) is 11.4. The minimum Gasteiger partial charge on any atom is -0.497 e. The first-order chi connectivity index (χ1) is 17.5. The summed E-state index contributed by atoms with van der Waals surface area (Å²) in [6.45, 7) is 4.81. The van der Waals surface area contributed by atoms with E-state index in [1.54, 1.807) is 36.3 Å². The standard InChI is InChI=1S/C30H36N2O4/c1-4-5-19-31-30(34)28(20-24-12-7-6-8-13-24)32(21-25-14-10-9-11-23(25)2)29(33)22-36-27-17-15-26(35-3)16-18-27/h6-18,28H,4-5,19-22H2,1-3H3,(H,31,34)/t28-/m1/s1. The number of carbonyl (C=O) groups excluding carboxylic acids is 2. The van der Waals surface area contributed by atoms with Gasteiger partial charge in [-0.1, -0.05) is 67.9 Å². The third-order valence-electron chi connectivity index (χ3n) is 6.12. The number of ether oxygens (including phenoxy) is 2. The maximum atomic E-state index is 13.6. The van der Waals surface area contributed by atoms with E-state index in [0.29, 0.717) is 31.0 Å². The highest BCUT2D eigenvalue weighted by atomic mass is 16.5. The first-order valence-corrected chi connectivity index (χ1v) is 12.4. The molecule has 0 radical (unpaired) electrons. The number of unbranched alkanes of at least 4 members (excludes halogenated alkanes) is 1. The number of nitrogens with zero attached hydrogens (tertiary/aromatic N) is 1. The molecule has 0 saturated heterocycles. The monoisotopic (exact) mass is 488 g/mol. The van der Waals surface area contributed by atoms with E-state index < -0.39 is 6.04 Å². The molecule has 1 N–H and O–H groups in total. The Labute approximate surface area is 214 Å². The number of methoxy groups -OCH3 is 1. The highest BCUT2D eigenvalue weighted by Gasteiger charge is 2.30. The lowest BCUT2D eigenvalue weighted by molar-refractivity contribution is -0.142. The summed E-state index contributed by atoms with van der Waals surface area (Å²) in [6, 6.07) is 24.1. The fraction of sp³-hybridized carbons (Fsp3) is 0.333. The summed E-state index contributed by atoms with van der Waals surface area (Å²) in [6.07, 6.45) is 2.28. The second-order valence-corrected chi connectivity index (χ2v) is 8.76. The summed E-state index contributed by atoms with van der Waals surface area (Å²) < 4.78 is 11.0. The Morgan fingerprint density at radius 1 is 0.917 bits per heavy atom. The number of amides is 2. The Bertz CT molecular complexity index is 1100. The van der Waals surface area contributed by atoms with Gasteiger partial charge in [0.2, 0.25) is 5.91 Å². The van der Waals surface area contributed by atoms with Gasteiger partial charge in [0.1, 0.15) is 17.5 Å². The van der Waals surface area contributed by atoms with Crippen molar-refractivity contribution in [3.8, 4) is 11.5 Å². The van der Waals surface area contributed by atoms with Crippen LogP contribution < -0.4 is 14.8 Å². The predicted octanol–water partition coefficient (Wildman–Crippen LogP) is 4.94. The fourth-order valence-electron chi connectivity index (χ4n) is 3.93. The maximum Gasteiger partial charge on any atom is 0.261 e. The van der Waals surface area contributed by atoms with Crippen molar-refractivity contribution in [2.24, 2.45) is 0 Å². The van der Waals surface area contributed by atoms with Crippen molar-refractivity contribution >= 4 is 11.8 Å². The Kier molecular flexibility index (Phi) is 10.4. The minimum absolute atomic E-state index is 0.154. The van der Waals surface area contributed by atoms with E-state index in [4.69, 9.17) is 9.47 Å². The molecule has 0 spiro atoms. The van der Waals surface area contributed by atoms with E-state index in [1.165, 1.54) is 0 Å². The molecule has 3 aromatic carbocycles. The summed E-state index contributed by atoms with van der Waals surface area (Å²) in [4.78, 5) is 28.7. The maximum absolute atomic E-state index is 13.6. The van der Waals surface area contributed by atoms with Crippen molar-refractivity contribution in [3.63, 3.8) is 0 Å². The zero-order valence-electron chi connectivity index (χ0n) is 21.4. The SMILES string of the molecule is CCCCNC(=O)[C@@H](Cc1ccccc1)N(Cc1ccccc1C)C(=O)COc1ccc(OC)cc1. The van der Waals surface area contributed by atoms with Crippen LogP contribution in [0.3, 0.4) is 0 Å². The lowest BCUT2D eigenvalue weighted by atomic mass is 10.0. The zero-order chi connectivity index (χ0) is 25.8. The van der Waals surface area contributed by atoms with Crippen molar-refractivity contribution in [3.05, 3.63) is 95.6 Å².